The summed E-state index contributed by atoms with van der Waals surface area (Å²) in [5.74, 6) is 1.18. The summed E-state index contributed by atoms with van der Waals surface area (Å²) in [6.45, 7) is 5.48. The number of likely N-dealkylation sites (tertiary alicyclic amines) is 1. The Morgan fingerprint density at radius 1 is 1.27 bits per heavy atom. The van der Waals surface area contributed by atoms with Gasteiger partial charge in [0.25, 0.3) is 0 Å². The summed E-state index contributed by atoms with van der Waals surface area (Å²) in [6.07, 6.45) is 1.64. The molecule has 1 atom stereocenters. The number of nitrogens with zero attached hydrogens (tertiary/aromatic N) is 5. The van der Waals surface area contributed by atoms with E-state index in [0.29, 0.717) is 31.9 Å². The molecule has 1 spiro atoms. The van der Waals surface area contributed by atoms with Crippen LogP contribution in [-0.4, -0.2) is 71.6 Å². The van der Waals surface area contributed by atoms with Crippen LogP contribution in [0.2, 0.25) is 0 Å². The molecule has 2 aliphatic rings. The van der Waals surface area contributed by atoms with E-state index in [1.54, 1.807) is 24.5 Å². The molecule has 0 N–H and O–H groups in total. The van der Waals surface area contributed by atoms with Crippen molar-refractivity contribution in [3.63, 3.8) is 0 Å². The number of hydrogen-bond acceptors (Lipinski definition) is 6. The molecule has 0 bridgehead atoms. The molecule has 162 valence electrons. The molecule has 1 amide bonds. The van der Waals surface area contributed by atoms with Gasteiger partial charge in [0.15, 0.2) is 0 Å². The van der Waals surface area contributed by atoms with Gasteiger partial charge in [-0.05, 0) is 12.1 Å². The predicted octanol–water partition coefficient (Wildman–Crippen LogP) is 1.10. The highest BCUT2D eigenvalue weighted by molar-refractivity contribution is 7.89. The van der Waals surface area contributed by atoms with Gasteiger partial charge in [-0.1, -0.05) is 19.9 Å². The topological polar surface area (TPSA) is 97.6 Å². The van der Waals surface area contributed by atoms with Crippen LogP contribution >= 0.6 is 0 Å². The lowest BCUT2D eigenvalue weighted by Crippen LogP contribution is -2.61. The molecule has 2 fully saturated rings. The molecule has 1 aromatic carbocycles. The van der Waals surface area contributed by atoms with Gasteiger partial charge in [-0.2, -0.15) is 4.31 Å². The fourth-order valence-corrected chi connectivity index (χ4v) is 6.19. The molecule has 0 aliphatic carbocycles. The van der Waals surface area contributed by atoms with Crippen molar-refractivity contribution < 1.29 is 17.9 Å². The lowest BCUT2D eigenvalue weighted by Gasteiger charge is -2.49. The van der Waals surface area contributed by atoms with Gasteiger partial charge in [-0.25, -0.2) is 8.42 Å². The average Bonchev–Trinajstić information content (AvgIpc) is 3.29. The van der Waals surface area contributed by atoms with E-state index in [1.807, 2.05) is 30.4 Å². The second-order valence-corrected chi connectivity index (χ2v) is 10.5. The highest BCUT2D eigenvalue weighted by Gasteiger charge is 2.59. The Bertz CT molecular complexity index is 1060. The lowest BCUT2D eigenvalue weighted by molar-refractivity contribution is -0.134. The van der Waals surface area contributed by atoms with Gasteiger partial charge in [-0.3, -0.25) is 4.79 Å². The van der Waals surface area contributed by atoms with E-state index in [-0.39, 0.29) is 28.1 Å². The summed E-state index contributed by atoms with van der Waals surface area (Å²) in [6, 6.07) is 6.49. The SMILES string of the molecule is COc1cccc(S(=O)(=O)N2CC3(CN(C(=O)C(C)C)CC3c3nncn3C)C2)c1. The third-order valence-corrected chi connectivity index (χ3v) is 7.96. The standard InChI is InChI=1S/C20H27N5O4S/c1-14(2)19(26)24-9-17(18-22-21-13-23(18)3)20(10-24)11-25(12-20)30(27,28)16-7-5-6-15(8-16)29-4/h5-8,13-14,17H,9-12H2,1-4H3. The van der Waals surface area contributed by atoms with Crippen LogP contribution in [0.5, 0.6) is 5.75 Å². The first kappa shape index (κ1) is 20.8. The molecule has 9 nitrogen and oxygen atoms in total. The van der Waals surface area contributed by atoms with Gasteiger partial charge >= 0.3 is 0 Å². The molecule has 2 saturated heterocycles. The molecule has 1 aromatic heterocycles. The zero-order valence-electron chi connectivity index (χ0n) is 17.6. The molecule has 0 radical (unpaired) electrons. The normalized spacial score (nSPS) is 21.2. The summed E-state index contributed by atoms with van der Waals surface area (Å²) >= 11 is 0. The lowest BCUT2D eigenvalue weighted by atomic mass is 9.72. The quantitative estimate of drug-likeness (QED) is 0.700. The maximum Gasteiger partial charge on any atom is 0.243 e. The number of rotatable bonds is 5. The van der Waals surface area contributed by atoms with Gasteiger partial charge in [0.05, 0.1) is 12.0 Å². The van der Waals surface area contributed by atoms with Crippen LogP contribution in [0, 0.1) is 11.3 Å². The molecular weight excluding hydrogens is 406 g/mol. The number of amides is 1. The van der Waals surface area contributed by atoms with Crippen LogP contribution in [-0.2, 0) is 21.9 Å². The van der Waals surface area contributed by atoms with E-state index in [4.69, 9.17) is 4.74 Å². The van der Waals surface area contributed by atoms with Crippen LogP contribution in [0.1, 0.15) is 25.6 Å². The number of carbonyl (C=O) groups excluding carboxylic acids is 1. The van der Waals surface area contributed by atoms with Crippen molar-refractivity contribution in [1.82, 2.24) is 24.0 Å². The van der Waals surface area contributed by atoms with Gasteiger partial charge in [0, 0.05) is 56.5 Å². The minimum Gasteiger partial charge on any atom is -0.497 e. The molecule has 2 aliphatic heterocycles. The maximum absolute atomic E-state index is 13.2. The Kier molecular flexibility index (Phi) is 5.09. The summed E-state index contributed by atoms with van der Waals surface area (Å²) in [5, 5.41) is 8.27. The van der Waals surface area contributed by atoms with Crippen LogP contribution < -0.4 is 4.74 Å². The van der Waals surface area contributed by atoms with E-state index < -0.39 is 10.0 Å². The number of sulfonamides is 1. The zero-order chi connectivity index (χ0) is 21.7. The molecule has 0 saturated carbocycles. The Balaban J connectivity index is 1.61. The number of aromatic nitrogens is 3. The van der Waals surface area contributed by atoms with Gasteiger partial charge < -0.3 is 14.2 Å². The molecule has 2 aromatic rings. The van der Waals surface area contributed by atoms with Crippen LogP contribution in [0.15, 0.2) is 35.5 Å². The van der Waals surface area contributed by atoms with Crippen molar-refractivity contribution in [2.75, 3.05) is 33.3 Å². The summed E-state index contributed by atoms with van der Waals surface area (Å²) in [5.41, 5.74) is -0.364. The molecular formula is C20H27N5O4S. The minimum absolute atomic E-state index is 0.0653. The number of ether oxygens (including phenoxy) is 1. The van der Waals surface area contributed by atoms with Crippen molar-refractivity contribution in [3.05, 3.63) is 36.4 Å². The Morgan fingerprint density at radius 3 is 2.60 bits per heavy atom. The van der Waals surface area contributed by atoms with E-state index in [1.165, 1.54) is 17.5 Å². The second-order valence-electron chi connectivity index (χ2n) is 8.54. The number of aryl methyl sites for hydroxylation is 1. The third-order valence-electron chi connectivity index (χ3n) is 6.17. The van der Waals surface area contributed by atoms with Crippen molar-refractivity contribution in [2.24, 2.45) is 18.4 Å². The van der Waals surface area contributed by atoms with Crippen molar-refractivity contribution in [2.45, 2.75) is 24.7 Å². The van der Waals surface area contributed by atoms with Crippen molar-refractivity contribution in [1.29, 1.82) is 0 Å². The Hall–Kier alpha value is -2.46. The van der Waals surface area contributed by atoms with E-state index in [2.05, 4.69) is 10.2 Å². The summed E-state index contributed by atoms with van der Waals surface area (Å²) < 4.78 is 34.8. The zero-order valence-corrected chi connectivity index (χ0v) is 18.5. The Labute approximate surface area is 176 Å². The minimum atomic E-state index is -3.65. The molecule has 4 rings (SSSR count). The highest BCUT2D eigenvalue weighted by atomic mass is 32.2. The number of hydrogen-bond donors (Lipinski definition) is 0. The van der Waals surface area contributed by atoms with Gasteiger partial charge in [-0.15, -0.1) is 10.2 Å². The van der Waals surface area contributed by atoms with Crippen molar-refractivity contribution in [3.8, 4) is 5.75 Å². The van der Waals surface area contributed by atoms with E-state index in [0.717, 1.165) is 5.82 Å². The van der Waals surface area contributed by atoms with Gasteiger partial charge in [0.2, 0.25) is 15.9 Å². The predicted molar refractivity (Wildman–Crippen MR) is 109 cm³/mol. The first-order valence-electron chi connectivity index (χ1n) is 9.95. The Morgan fingerprint density at radius 2 is 2.00 bits per heavy atom. The fourth-order valence-electron chi connectivity index (χ4n) is 4.52. The monoisotopic (exact) mass is 433 g/mol. The van der Waals surface area contributed by atoms with E-state index in [9.17, 15) is 13.2 Å². The third kappa shape index (κ3) is 3.27. The molecule has 3 heterocycles. The molecule has 1 unspecified atom stereocenters. The largest absolute Gasteiger partial charge is 0.497 e. The summed E-state index contributed by atoms with van der Waals surface area (Å²) in [7, 11) is -0.265. The molecule has 30 heavy (non-hydrogen) atoms. The number of benzene rings is 1. The van der Waals surface area contributed by atoms with E-state index >= 15 is 0 Å². The van der Waals surface area contributed by atoms with Crippen LogP contribution in [0.25, 0.3) is 0 Å². The number of carbonyl (C=O) groups is 1. The average molecular weight is 434 g/mol. The van der Waals surface area contributed by atoms with Gasteiger partial charge in [0.1, 0.15) is 17.9 Å². The highest BCUT2D eigenvalue weighted by Crippen LogP contribution is 2.50. The fraction of sp³-hybridized carbons (Fsp3) is 0.550. The second kappa shape index (κ2) is 7.35. The van der Waals surface area contributed by atoms with Crippen LogP contribution in [0.4, 0.5) is 0 Å². The summed E-state index contributed by atoms with van der Waals surface area (Å²) in [4.78, 5) is 14.7. The first-order chi connectivity index (χ1) is 14.2. The maximum atomic E-state index is 13.2. The smallest absolute Gasteiger partial charge is 0.243 e. The van der Waals surface area contributed by atoms with Crippen LogP contribution in [0.3, 0.4) is 0 Å². The molecule has 10 heteroatoms. The number of methoxy groups -OCH3 is 1. The first-order valence-corrected chi connectivity index (χ1v) is 11.4. The van der Waals surface area contributed by atoms with Crippen molar-refractivity contribution >= 4 is 15.9 Å².